The van der Waals surface area contributed by atoms with Gasteiger partial charge in [-0.25, -0.2) is 8.42 Å². The first kappa shape index (κ1) is 20.1. The van der Waals surface area contributed by atoms with Crippen LogP contribution in [-0.4, -0.2) is 47.5 Å². The van der Waals surface area contributed by atoms with Crippen molar-refractivity contribution in [1.82, 2.24) is 20.1 Å². The van der Waals surface area contributed by atoms with E-state index in [-0.39, 0.29) is 22.6 Å². The lowest BCUT2D eigenvalue weighted by molar-refractivity contribution is 0.0754. The van der Waals surface area contributed by atoms with Crippen molar-refractivity contribution >= 4 is 21.6 Å². The van der Waals surface area contributed by atoms with Crippen LogP contribution in [0.3, 0.4) is 0 Å². The number of likely N-dealkylation sites (tertiary alicyclic amines) is 1. The molecule has 3 heterocycles. The molecule has 1 aliphatic rings. The second kappa shape index (κ2) is 7.60. The predicted octanol–water partition coefficient (Wildman–Crippen LogP) is 3.03. The van der Waals surface area contributed by atoms with Crippen LogP contribution in [0, 0.1) is 20.8 Å². The number of aromatic amines is 1. The number of carbonyl (C=O) groups is 1. The Kier molecular flexibility index (Phi) is 5.10. The molecule has 10 heteroatoms. The number of hydrogen-bond acceptors (Lipinski definition) is 6. The van der Waals surface area contributed by atoms with Crippen LogP contribution in [0.5, 0.6) is 0 Å². The minimum Gasteiger partial charge on any atom is -0.411 e. The van der Waals surface area contributed by atoms with E-state index in [1.165, 1.54) is 12.3 Å². The van der Waals surface area contributed by atoms with E-state index in [1.807, 2.05) is 32.9 Å². The van der Waals surface area contributed by atoms with E-state index in [2.05, 4.69) is 19.9 Å². The number of H-pyrrole nitrogens is 1. The number of aromatic nitrogens is 3. The highest BCUT2D eigenvalue weighted by atomic mass is 32.2. The number of rotatable bonds is 5. The van der Waals surface area contributed by atoms with E-state index < -0.39 is 10.0 Å². The number of anilines is 1. The van der Waals surface area contributed by atoms with Crippen molar-refractivity contribution in [3.63, 3.8) is 0 Å². The number of carbonyl (C=O) groups excluding carboxylic acids is 1. The van der Waals surface area contributed by atoms with Crippen LogP contribution in [0.1, 0.15) is 40.2 Å². The van der Waals surface area contributed by atoms with E-state index in [4.69, 9.17) is 4.42 Å². The van der Waals surface area contributed by atoms with Gasteiger partial charge in [-0.3, -0.25) is 9.52 Å². The molecule has 1 amide bonds. The molecule has 0 unspecified atom stereocenters. The monoisotopic (exact) mass is 429 g/mol. The van der Waals surface area contributed by atoms with Crippen LogP contribution in [0.25, 0.3) is 11.6 Å². The van der Waals surface area contributed by atoms with E-state index in [9.17, 15) is 13.2 Å². The topological polar surface area (TPSA) is 121 Å². The lowest BCUT2D eigenvalue weighted by Gasteiger charge is -2.13. The molecule has 1 aliphatic heterocycles. The van der Waals surface area contributed by atoms with Crippen molar-refractivity contribution in [3.8, 4) is 11.6 Å². The molecule has 1 saturated heterocycles. The van der Waals surface area contributed by atoms with Crippen LogP contribution in [0.2, 0.25) is 0 Å². The summed E-state index contributed by atoms with van der Waals surface area (Å²) in [5, 5.41) is 7.70. The van der Waals surface area contributed by atoms with Crippen molar-refractivity contribution < 1.29 is 17.6 Å². The quantitative estimate of drug-likeness (QED) is 0.643. The Morgan fingerprint density at radius 3 is 2.43 bits per heavy atom. The van der Waals surface area contributed by atoms with Crippen molar-refractivity contribution in [2.75, 3.05) is 17.8 Å². The fraction of sp³-hybridized carbons (Fsp3) is 0.350. The molecule has 0 bridgehead atoms. The molecule has 0 spiro atoms. The lowest BCUT2D eigenvalue weighted by atomic mass is 10.1. The van der Waals surface area contributed by atoms with Crippen LogP contribution in [-0.2, 0) is 10.0 Å². The van der Waals surface area contributed by atoms with Crippen LogP contribution in [0.4, 0.5) is 5.69 Å². The Bertz CT molecular complexity index is 1180. The molecule has 0 atom stereocenters. The normalized spacial score (nSPS) is 14.3. The van der Waals surface area contributed by atoms with Gasteiger partial charge in [-0.15, -0.1) is 10.2 Å². The van der Waals surface area contributed by atoms with Crippen LogP contribution in [0.15, 0.2) is 33.7 Å². The summed E-state index contributed by atoms with van der Waals surface area (Å²) in [6, 6.07) is 5.24. The Balaban J connectivity index is 1.56. The summed E-state index contributed by atoms with van der Waals surface area (Å²) in [6.07, 6.45) is 3.26. The molecular weight excluding hydrogens is 406 g/mol. The zero-order chi connectivity index (χ0) is 21.5. The maximum Gasteiger partial charge on any atom is 0.311 e. The van der Waals surface area contributed by atoms with E-state index in [0.29, 0.717) is 24.5 Å². The summed E-state index contributed by atoms with van der Waals surface area (Å²) < 4.78 is 33.9. The maximum atomic E-state index is 12.9. The lowest BCUT2D eigenvalue weighted by Crippen LogP contribution is -2.27. The summed E-state index contributed by atoms with van der Waals surface area (Å²) in [5.74, 6) is -0.353. The standard InChI is InChI=1S/C20H23N5O4S/c1-12-8-13(2)17(14(3)9-12)24-30(27,28)15-10-16(21-11-15)18-22-23-19(29-18)20(26)25-6-4-5-7-25/h8-11,21,24H,4-7H2,1-3H3. The number of sulfonamides is 1. The maximum absolute atomic E-state index is 12.9. The zero-order valence-electron chi connectivity index (χ0n) is 17.0. The number of amides is 1. The molecular formula is C20H23N5O4S. The van der Waals surface area contributed by atoms with Gasteiger partial charge >= 0.3 is 11.8 Å². The smallest absolute Gasteiger partial charge is 0.311 e. The minimum absolute atomic E-state index is 0.0301. The molecule has 1 fully saturated rings. The number of benzene rings is 1. The van der Waals surface area contributed by atoms with Crippen molar-refractivity contribution in [2.45, 2.75) is 38.5 Å². The highest BCUT2D eigenvalue weighted by Crippen LogP contribution is 2.27. The van der Waals surface area contributed by atoms with Gasteiger partial charge in [0.15, 0.2) is 0 Å². The predicted molar refractivity (Wildman–Crippen MR) is 111 cm³/mol. The molecule has 1 aromatic carbocycles. The first-order valence-corrected chi connectivity index (χ1v) is 11.1. The molecule has 158 valence electrons. The van der Waals surface area contributed by atoms with Crippen molar-refractivity contribution in [1.29, 1.82) is 0 Å². The highest BCUT2D eigenvalue weighted by molar-refractivity contribution is 7.92. The fourth-order valence-electron chi connectivity index (χ4n) is 3.66. The summed E-state index contributed by atoms with van der Waals surface area (Å²) in [5.41, 5.74) is 3.62. The average molecular weight is 430 g/mol. The second-order valence-corrected chi connectivity index (χ2v) is 9.22. The second-order valence-electron chi connectivity index (χ2n) is 7.54. The number of aryl methyl sites for hydroxylation is 3. The summed E-state index contributed by atoms with van der Waals surface area (Å²) in [7, 11) is -3.83. The van der Waals surface area contributed by atoms with E-state index in [0.717, 1.165) is 29.5 Å². The first-order valence-electron chi connectivity index (χ1n) is 9.67. The van der Waals surface area contributed by atoms with Gasteiger partial charge in [-0.05, 0) is 50.8 Å². The third-order valence-electron chi connectivity index (χ3n) is 5.11. The minimum atomic E-state index is -3.83. The Hall–Kier alpha value is -3.14. The summed E-state index contributed by atoms with van der Waals surface area (Å²) in [4.78, 5) is 16.9. The average Bonchev–Trinajstić information content (AvgIpc) is 3.45. The molecule has 4 rings (SSSR count). The van der Waals surface area contributed by atoms with Crippen molar-refractivity contribution in [3.05, 3.63) is 47.0 Å². The van der Waals surface area contributed by atoms with Crippen molar-refractivity contribution in [2.24, 2.45) is 0 Å². The van der Waals surface area contributed by atoms with Gasteiger partial charge in [0.05, 0.1) is 5.69 Å². The SMILES string of the molecule is Cc1cc(C)c(NS(=O)(=O)c2c[nH]c(-c3nnc(C(=O)N4CCCC4)o3)c2)c(C)c1. The Morgan fingerprint density at radius 1 is 1.10 bits per heavy atom. The van der Waals surface area contributed by atoms with Gasteiger partial charge in [0, 0.05) is 19.3 Å². The van der Waals surface area contributed by atoms with Gasteiger partial charge in [0.1, 0.15) is 10.6 Å². The third kappa shape index (κ3) is 3.82. The number of hydrogen-bond donors (Lipinski definition) is 2. The van der Waals surface area contributed by atoms with Gasteiger partial charge in [-0.2, -0.15) is 0 Å². The van der Waals surface area contributed by atoms with Gasteiger partial charge in [0.2, 0.25) is 0 Å². The van der Waals surface area contributed by atoms with Gasteiger partial charge in [-0.1, -0.05) is 17.7 Å². The third-order valence-corrected chi connectivity index (χ3v) is 6.44. The van der Waals surface area contributed by atoms with Crippen LogP contribution < -0.4 is 4.72 Å². The molecule has 2 N–H and O–H groups in total. The van der Waals surface area contributed by atoms with Crippen LogP contribution >= 0.6 is 0 Å². The molecule has 9 nitrogen and oxygen atoms in total. The van der Waals surface area contributed by atoms with Gasteiger partial charge in [0.25, 0.3) is 15.9 Å². The molecule has 30 heavy (non-hydrogen) atoms. The number of nitrogens with one attached hydrogen (secondary N) is 2. The Morgan fingerprint density at radius 2 is 1.77 bits per heavy atom. The molecule has 0 aliphatic carbocycles. The fourth-order valence-corrected chi connectivity index (χ4v) is 4.86. The summed E-state index contributed by atoms with van der Waals surface area (Å²) >= 11 is 0. The number of nitrogens with zero attached hydrogens (tertiary/aromatic N) is 3. The zero-order valence-corrected chi connectivity index (χ0v) is 17.8. The first-order chi connectivity index (χ1) is 14.2. The Labute approximate surface area is 174 Å². The highest BCUT2D eigenvalue weighted by Gasteiger charge is 2.26. The molecule has 0 radical (unpaired) electrons. The molecule has 3 aromatic rings. The van der Waals surface area contributed by atoms with E-state index >= 15 is 0 Å². The summed E-state index contributed by atoms with van der Waals surface area (Å²) in [6.45, 7) is 7.02. The molecule has 2 aromatic heterocycles. The van der Waals surface area contributed by atoms with E-state index in [1.54, 1.807) is 4.90 Å². The largest absolute Gasteiger partial charge is 0.411 e. The molecule has 0 saturated carbocycles. The van der Waals surface area contributed by atoms with Gasteiger partial charge < -0.3 is 14.3 Å².